The van der Waals surface area contributed by atoms with E-state index in [1.54, 1.807) is 4.90 Å². The number of carbonyl (C=O) groups excluding carboxylic acids is 1. The first kappa shape index (κ1) is 16.3. The molecule has 5 heteroatoms. The summed E-state index contributed by atoms with van der Waals surface area (Å²) in [4.78, 5) is 14.5. The van der Waals surface area contributed by atoms with Gasteiger partial charge in [-0.05, 0) is 36.1 Å². The number of hydrogen-bond acceptors (Lipinski definition) is 3. The van der Waals surface area contributed by atoms with Gasteiger partial charge in [0.1, 0.15) is 6.61 Å². The molecule has 0 N–H and O–H groups in total. The van der Waals surface area contributed by atoms with Crippen molar-refractivity contribution in [3.63, 3.8) is 0 Å². The third kappa shape index (κ3) is 3.31. The molecule has 2 aromatic rings. The molecule has 1 heterocycles. The Hall–Kier alpha value is -2.20. The van der Waals surface area contributed by atoms with Crippen LogP contribution in [0.3, 0.4) is 0 Å². The van der Waals surface area contributed by atoms with Crippen molar-refractivity contribution >= 4 is 17.5 Å². The van der Waals surface area contributed by atoms with Crippen LogP contribution in [0.15, 0.2) is 48.5 Å². The van der Waals surface area contributed by atoms with Crippen LogP contribution in [0.1, 0.15) is 17.9 Å². The van der Waals surface area contributed by atoms with Crippen molar-refractivity contribution in [3.05, 3.63) is 59.1 Å². The van der Waals surface area contributed by atoms with Gasteiger partial charge in [-0.3, -0.25) is 4.79 Å². The van der Waals surface area contributed by atoms with E-state index in [0.29, 0.717) is 13.2 Å². The van der Waals surface area contributed by atoms with Crippen LogP contribution < -0.4 is 9.47 Å². The van der Waals surface area contributed by atoms with Gasteiger partial charge in [-0.2, -0.15) is 0 Å². The Morgan fingerprint density at radius 2 is 1.88 bits per heavy atom. The number of rotatable bonds is 4. The Bertz CT molecular complexity index is 794. The van der Waals surface area contributed by atoms with Crippen molar-refractivity contribution in [2.75, 3.05) is 20.2 Å². The van der Waals surface area contributed by atoms with Gasteiger partial charge in [-0.1, -0.05) is 41.9 Å². The van der Waals surface area contributed by atoms with Gasteiger partial charge in [0.2, 0.25) is 5.91 Å². The van der Waals surface area contributed by atoms with Crippen molar-refractivity contribution in [1.82, 2.24) is 4.90 Å². The van der Waals surface area contributed by atoms with Crippen molar-refractivity contribution in [2.45, 2.75) is 18.4 Å². The van der Waals surface area contributed by atoms with Gasteiger partial charge in [0.15, 0.2) is 17.6 Å². The predicted molar refractivity (Wildman–Crippen MR) is 96.3 cm³/mol. The van der Waals surface area contributed by atoms with Crippen LogP contribution in [0.2, 0.25) is 5.02 Å². The highest BCUT2D eigenvalue weighted by Gasteiger charge is 2.46. The van der Waals surface area contributed by atoms with Crippen molar-refractivity contribution in [2.24, 2.45) is 5.92 Å². The summed E-state index contributed by atoms with van der Waals surface area (Å²) in [7, 11) is 1.83. The number of benzene rings is 2. The van der Waals surface area contributed by atoms with E-state index < -0.39 is 0 Å². The molecule has 4 nitrogen and oxygen atoms in total. The minimum Gasteiger partial charge on any atom is -0.486 e. The molecule has 0 aromatic heterocycles. The van der Waals surface area contributed by atoms with E-state index in [2.05, 4.69) is 0 Å². The van der Waals surface area contributed by atoms with Gasteiger partial charge in [-0.15, -0.1) is 0 Å². The lowest BCUT2D eigenvalue weighted by Gasteiger charge is -2.29. The molecule has 130 valence electrons. The molecule has 25 heavy (non-hydrogen) atoms. The Balaban J connectivity index is 1.36. The van der Waals surface area contributed by atoms with Crippen molar-refractivity contribution in [3.8, 4) is 11.5 Å². The van der Waals surface area contributed by atoms with Crippen LogP contribution in [0.25, 0.3) is 0 Å². The van der Waals surface area contributed by atoms with E-state index in [0.717, 1.165) is 28.5 Å². The maximum absolute atomic E-state index is 12.7. The molecule has 1 fully saturated rings. The van der Waals surface area contributed by atoms with Gasteiger partial charge in [0.25, 0.3) is 0 Å². The molecular weight excluding hydrogens is 338 g/mol. The van der Waals surface area contributed by atoms with Crippen LogP contribution in [-0.4, -0.2) is 37.1 Å². The third-order valence-corrected chi connectivity index (χ3v) is 5.18. The van der Waals surface area contributed by atoms with Crippen LogP contribution in [0.4, 0.5) is 0 Å². The highest BCUT2D eigenvalue weighted by atomic mass is 35.5. The highest BCUT2D eigenvalue weighted by Crippen LogP contribution is 2.50. The predicted octanol–water partition coefficient (Wildman–Crippen LogP) is 3.74. The Morgan fingerprint density at radius 3 is 2.68 bits per heavy atom. The Morgan fingerprint density at radius 1 is 1.16 bits per heavy atom. The summed E-state index contributed by atoms with van der Waals surface area (Å²) in [5.41, 5.74) is 1.07. The van der Waals surface area contributed by atoms with Gasteiger partial charge in [0, 0.05) is 18.0 Å². The number of para-hydroxylation sites is 2. The Labute approximate surface area is 152 Å². The molecule has 0 bridgehead atoms. The first-order valence-corrected chi connectivity index (χ1v) is 8.89. The lowest BCUT2D eigenvalue weighted by Crippen LogP contribution is -2.42. The molecule has 1 aliphatic heterocycles. The fourth-order valence-corrected chi connectivity index (χ4v) is 3.69. The SMILES string of the molecule is CN(CC1COc2ccccc2O1)C(=O)C1CC1c1ccccc1Cl. The molecule has 3 unspecified atom stereocenters. The summed E-state index contributed by atoms with van der Waals surface area (Å²) in [5, 5.41) is 0.742. The number of fused-ring (bicyclic) bond motifs is 1. The quantitative estimate of drug-likeness (QED) is 0.836. The van der Waals surface area contributed by atoms with Gasteiger partial charge >= 0.3 is 0 Å². The molecule has 1 saturated carbocycles. The summed E-state index contributed by atoms with van der Waals surface area (Å²) in [6.45, 7) is 0.964. The third-order valence-electron chi connectivity index (χ3n) is 4.83. The highest BCUT2D eigenvalue weighted by molar-refractivity contribution is 6.31. The zero-order chi connectivity index (χ0) is 17.4. The van der Waals surface area contributed by atoms with E-state index in [1.807, 2.05) is 55.6 Å². The standard InChI is InChI=1S/C20H20ClNO3/c1-22(11-13-12-24-18-8-4-5-9-19(18)25-13)20(23)16-10-15(16)14-6-2-3-7-17(14)21/h2-9,13,15-16H,10-12H2,1H3. The normalized spacial score (nSPS) is 23.8. The zero-order valence-corrected chi connectivity index (χ0v) is 14.8. The molecule has 1 amide bonds. The van der Waals surface area contributed by atoms with Crippen LogP contribution >= 0.6 is 11.6 Å². The molecule has 3 atom stereocenters. The average Bonchev–Trinajstić information content (AvgIpc) is 3.42. The van der Waals surface area contributed by atoms with E-state index in [9.17, 15) is 4.79 Å². The molecule has 1 aliphatic carbocycles. The first-order chi connectivity index (χ1) is 12.1. The molecule has 0 spiro atoms. The van der Waals surface area contributed by atoms with E-state index in [-0.39, 0.29) is 23.8 Å². The number of nitrogens with zero attached hydrogens (tertiary/aromatic N) is 1. The molecule has 0 saturated heterocycles. The summed E-state index contributed by atoms with van der Waals surface area (Å²) < 4.78 is 11.7. The summed E-state index contributed by atoms with van der Waals surface area (Å²) in [6, 6.07) is 15.4. The molecular formula is C20H20ClNO3. The van der Waals surface area contributed by atoms with Crippen LogP contribution in [-0.2, 0) is 4.79 Å². The molecule has 0 radical (unpaired) electrons. The lowest BCUT2D eigenvalue weighted by atomic mass is 10.1. The fourth-order valence-electron chi connectivity index (χ4n) is 3.42. The summed E-state index contributed by atoms with van der Waals surface area (Å²) in [5.74, 6) is 1.88. The largest absolute Gasteiger partial charge is 0.486 e. The van der Waals surface area contributed by atoms with E-state index in [1.165, 1.54) is 0 Å². The van der Waals surface area contributed by atoms with Crippen molar-refractivity contribution < 1.29 is 14.3 Å². The minimum absolute atomic E-state index is 0.0155. The maximum Gasteiger partial charge on any atom is 0.226 e. The summed E-state index contributed by atoms with van der Waals surface area (Å²) >= 11 is 6.25. The van der Waals surface area contributed by atoms with Crippen LogP contribution in [0, 0.1) is 5.92 Å². The monoisotopic (exact) mass is 357 g/mol. The van der Waals surface area contributed by atoms with E-state index >= 15 is 0 Å². The number of likely N-dealkylation sites (N-methyl/N-ethyl adjacent to an activating group) is 1. The topological polar surface area (TPSA) is 38.8 Å². The molecule has 2 aromatic carbocycles. The number of carbonyl (C=O) groups is 1. The minimum atomic E-state index is -0.152. The second-order valence-corrected chi connectivity index (χ2v) is 7.09. The molecule has 4 rings (SSSR count). The Kier molecular flexibility index (Phi) is 4.30. The van der Waals surface area contributed by atoms with E-state index in [4.69, 9.17) is 21.1 Å². The number of halogens is 1. The smallest absolute Gasteiger partial charge is 0.226 e. The number of hydrogen-bond donors (Lipinski definition) is 0. The maximum atomic E-state index is 12.7. The number of amides is 1. The second kappa shape index (κ2) is 6.60. The van der Waals surface area contributed by atoms with Crippen molar-refractivity contribution in [1.29, 1.82) is 0 Å². The first-order valence-electron chi connectivity index (χ1n) is 8.51. The summed E-state index contributed by atoms with van der Waals surface area (Å²) in [6.07, 6.45) is 0.707. The fraction of sp³-hybridized carbons (Fsp3) is 0.350. The molecule has 2 aliphatic rings. The zero-order valence-electron chi connectivity index (χ0n) is 14.0. The van der Waals surface area contributed by atoms with Crippen LogP contribution in [0.5, 0.6) is 11.5 Å². The second-order valence-electron chi connectivity index (χ2n) is 6.69. The van der Waals surface area contributed by atoms with Gasteiger partial charge in [0.05, 0.1) is 6.54 Å². The lowest BCUT2D eigenvalue weighted by molar-refractivity contribution is -0.132. The van der Waals surface area contributed by atoms with Gasteiger partial charge in [-0.25, -0.2) is 0 Å². The number of ether oxygens (including phenoxy) is 2. The average molecular weight is 358 g/mol. The van der Waals surface area contributed by atoms with Gasteiger partial charge < -0.3 is 14.4 Å².